The number of fused-ring (bicyclic) bond motifs is 1. The van der Waals surface area contributed by atoms with Crippen LogP contribution < -0.4 is 0 Å². The largest absolute Gasteiger partial charge is 0.389 e. The van der Waals surface area contributed by atoms with Crippen LogP contribution in [0.25, 0.3) is 10.9 Å². The lowest BCUT2D eigenvalue weighted by atomic mass is 9.86. The Kier molecular flexibility index (Phi) is 3.60. The van der Waals surface area contributed by atoms with Crippen LogP contribution in [0.15, 0.2) is 36.5 Å². The minimum atomic E-state index is -0.378. The monoisotopic (exact) mass is 298 g/mol. The number of ether oxygens (including phenoxy) is 1. The average molecular weight is 298 g/mol. The van der Waals surface area contributed by atoms with E-state index in [1.165, 1.54) is 10.9 Å². The third kappa shape index (κ3) is 2.41. The Balaban J connectivity index is 1.52. The fourth-order valence-corrected chi connectivity index (χ4v) is 3.87. The molecule has 1 aromatic heterocycles. The van der Waals surface area contributed by atoms with Crippen molar-refractivity contribution in [2.45, 2.75) is 37.5 Å². The second-order valence-corrected chi connectivity index (χ2v) is 6.50. The average Bonchev–Trinajstić information content (AvgIpc) is 3.02. The van der Waals surface area contributed by atoms with E-state index >= 15 is 0 Å². The Bertz CT molecular complexity index is 662. The summed E-state index contributed by atoms with van der Waals surface area (Å²) in [7, 11) is 0. The molecule has 2 aromatic rings. The van der Waals surface area contributed by atoms with Gasteiger partial charge in [-0.25, -0.2) is 0 Å². The van der Waals surface area contributed by atoms with Crippen LogP contribution in [0.3, 0.4) is 0 Å². The van der Waals surface area contributed by atoms with Crippen molar-refractivity contribution in [3.05, 3.63) is 42.1 Å². The van der Waals surface area contributed by atoms with E-state index in [1.807, 2.05) is 18.3 Å². The molecule has 22 heavy (non-hydrogen) atoms. The summed E-state index contributed by atoms with van der Waals surface area (Å²) in [5, 5.41) is 11.7. The normalized spacial score (nSPS) is 29.4. The Morgan fingerprint density at radius 2 is 2.18 bits per heavy atom. The van der Waals surface area contributed by atoms with Crippen molar-refractivity contribution in [1.82, 2.24) is 9.88 Å². The highest BCUT2D eigenvalue weighted by molar-refractivity contribution is 5.81. The number of nitrogens with zero attached hydrogens (tertiary/aromatic N) is 2. The van der Waals surface area contributed by atoms with E-state index in [1.54, 1.807) is 0 Å². The van der Waals surface area contributed by atoms with Gasteiger partial charge in [-0.15, -0.1) is 0 Å². The summed E-state index contributed by atoms with van der Waals surface area (Å²) in [6.07, 6.45) is 4.50. The number of piperidine rings is 1. The van der Waals surface area contributed by atoms with Crippen molar-refractivity contribution >= 4 is 10.9 Å². The van der Waals surface area contributed by atoms with Crippen LogP contribution in [0, 0.1) is 0 Å². The van der Waals surface area contributed by atoms with Crippen LogP contribution in [0.5, 0.6) is 0 Å². The van der Waals surface area contributed by atoms with Crippen LogP contribution in [0.1, 0.15) is 24.8 Å². The van der Waals surface area contributed by atoms with Gasteiger partial charge in [0.15, 0.2) is 0 Å². The van der Waals surface area contributed by atoms with E-state index in [2.05, 4.69) is 28.1 Å². The summed E-state index contributed by atoms with van der Waals surface area (Å²) >= 11 is 0. The molecule has 1 N–H and O–H groups in total. The van der Waals surface area contributed by atoms with Gasteiger partial charge in [0.2, 0.25) is 0 Å². The summed E-state index contributed by atoms with van der Waals surface area (Å²) in [5.74, 6) is 0. The van der Waals surface area contributed by atoms with E-state index in [-0.39, 0.29) is 11.7 Å². The maximum atomic E-state index is 10.5. The molecular weight excluding hydrogens is 276 g/mol. The molecule has 0 unspecified atom stereocenters. The Hall–Kier alpha value is -1.49. The number of hydrogen-bond donors (Lipinski definition) is 1. The molecule has 4 nitrogen and oxygen atoms in total. The molecule has 0 amide bonds. The topological polar surface area (TPSA) is 45.6 Å². The SMILES string of the molecule is O[C@H]1CN(Cc2ccnc3ccccc23)CC[C@@]12CCCO2. The molecule has 3 heterocycles. The molecule has 2 saturated heterocycles. The van der Waals surface area contributed by atoms with Crippen LogP contribution in [-0.2, 0) is 11.3 Å². The van der Waals surface area contributed by atoms with Crippen molar-refractivity contribution in [3.8, 4) is 0 Å². The minimum absolute atomic E-state index is 0.267. The number of aliphatic hydroxyl groups is 1. The van der Waals surface area contributed by atoms with E-state index in [0.29, 0.717) is 6.54 Å². The summed E-state index contributed by atoms with van der Waals surface area (Å²) in [6.45, 7) is 3.33. The molecule has 2 aliphatic heterocycles. The molecule has 116 valence electrons. The molecule has 0 radical (unpaired) electrons. The van der Waals surface area contributed by atoms with Gasteiger partial charge >= 0.3 is 0 Å². The Morgan fingerprint density at radius 1 is 1.27 bits per heavy atom. The van der Waals surface area contributed by atoms with Gasteiger partial charge < -0.3 is 9.84 Å². The summed E-state index contributed by atoms with van der Waals surface area (Å²) in [6, 6.07) is 10.3. The van der Waals surface area contributed by atoms with E-state index in [4.69, 9.17) is 4.74 Å². The zero-order chi connectivity index (χ0) is 15.0. The fourth-order valence-electron chi connectivity index (χ4n) is 3.87. The minimum Gasteiger partial charge on any atom is -0.389 e. The first kappa shape index (κ1) is 14.1. The first-order valence-corrected chi connectivity index (χ1v) is 8.14. The van der Waals surface area contributed by atoms with Crippen LogP contribution in [0.4, 0.5) is 0 Å². The van der Waals surface area contributed by atoms with Gasteiger partial charge in [-0.05, 0) is 37.0 Å². The van der Waals surface area contributed by atoms with Gasteiger partial charge in [-0.3, -0.25) is 9.88 Å². The lowest BCUT2D eigenvalue weighted by molar-refractivity contribution is -0.130. The van der Waals surface area contributed by atoms with Gasteiger partial charge in [-0.2, -0.15) is 0 Å². The summed E-state index contributed by atoms with van der Waals surface area (Å²) in [5.41, 5.74) is 2.05. The highest BCUT2D eigenvalue weighted by atomic mass is 16.5. The van der Waals surface area contributed by atoms with Crippen molar-refractivity contribution < 1.29 is 9.84 Å². The van der Waals surface area contributed by atoms with Gasteiger partial charge in [0.05, 0.1) is 17.2 Å². The number of rotatable bonds is 2. The van der Waals surface area contributed by atoms with Crippen LogP contribution in [0.2, 0.25) is 0 Å². The molecule has 2 aliphatic rings. The predicted molar refractivity (Wildman–Crippen MR) is 85.6 cm³/mol. The predicted octanol–water partition coefficient (Wildman–Crippen LogP) is 2.35. The number of hydrogen-bond acceptors (Lipinski definition) is 4. The number of pyridine rings is 1. The fraction of sp³-hybridized carbons (Fsp3) is 0.500. The third-order valence-electron chi connectivity index (χ3n) is 5.16. The first-order chi connectivity index (χ1) is 10.8. The zero-order valence-electron chi connectivity index (χ0n) is 12.7. The number of benzene rings is 1. The number of aliphatic hydroxyl groups excluding tert-OH is 1. The molecule has 4 heteroatoms. The molecule has 4 rings (SSSR count). The van der Waals surface area contributed by atoms with Gasteiger partial charge in [0.25, 0.3) is 0 Å². The molecular formula is C18H22N2O2. The van der Waals surface area contributed by atoms with Crippen LogP contribution in [-0.4, -0.2) is 46.4 Å². The third-order valence-corrected chi connectivity index (χ3v) is 5.16. The van der Waals surface area contributed by atoms with E-state index in [9.17, 15) is 5.11 Å². The van der Waals surface area contributed by atoms with Crippen molar-refractivity contribution in [2.75, 3.05) is 19.7 Å². The maximum Gasteiger partial charge on any atom is 0.0965 e. The smallest absolute Gasteiger partial charge is 0.0965 e. The lowest BCUT2D eigenvalue weighted by Crippen LogP contribution is -2.54. The number of likely N-dealkylation sites (tertiary alicyclic amines) is 1. The molecule has 2 fully saturated rings. The Labute approximate surface area is 130 Å². The molecule has 1 spiro atoms. The Morgan fingerprint density at radius 3 is 3.00 bits per heavy atom. The van der Waals surface area contributed by atoms with Crippen molar-refractivity contribution in [2.24, 2.45) is 0 Å². The van der Waals surface area contributed by atoms with E-state index < -0.39 is 0 Å². The highest BCUT2D eigenvalue weighted by Gasteiger charge is 2.45. The summed E-state index contributed by atoms with van der Waals surface area (Å²) in [4.78, 5) is 6.75. The van der Waals surface area contributed by atoms with Gasteiger partial charge in [0.1, 0.15) is 0 Å². The van der Waals surface area contributed by atoms with Gasteiger partial charge in [-0.1, -0.05) is 18.2 Å². The molecule has 0 saturated carbocycles. The lowest BCUT2D eigenvalue weighted by Gasteiger charge is -2.42. The number of aromatic nitrogens is 1. The summed E-state index contributed by atoms with van der Waals surface area (Å²) < 4.78 is 5.88. The number of para-hydroxylation sites is 1. The molecule has 2 atom stereocenters. The molecule has 0 bridgehead atoms. The van der Waals surface area contributed by atoms with Crippen molar-refractivity contribution in [3.63, 3.8) is 0 Å². The molecule has 0 aliphatic carbocycles. The van der Waals surface area contributed by atoms with E-state index in [0.717, 1.165) is 44.5 Å². The standard InChI is InChI=1S/C18H22N2O2/c21-17-13-20(10-8-18(17)7-3-11-22-18)12-14-6-9-19-16-5-2-1-4-15(14)16/h1-2,4-6,9,17,21H,3,7-8,10-13H2/t17-,18-/m0/s1. The second kappa shape index (κ2) is 5.61. The number of β-amino-alcohol motifs (C(OH)–C–C–N with tert-alkyl or cyclic N) is 1. The van der Waals surface area contributed by atoms with Gasteiger partial charge in [0, 0.05) is 37.8 Å². The first-order valence-electron chi connectivity index (χ1n) is 8.14. The van der Waals surface area contributed by atoms with Crippen molar-refractivity contribution in [1.29, 1.82) is 0 Å². The quantitative estimate of drug-likeness (QED) is 0.924. The van der Waals surface area contributed by atoms with Crippen LogP contribution >= 0.6 is 0 Å². The maximum absolute atomic E-state index is 10.5. The highest BCUT2D eigenvalue weighted by Crippen LogP contribution is 2.36. The molecule has 1 aromatic carbocycles. The second-order valence-electron chi connectivity index (χ2n) is 6.50. The zero-order valence-corrected chi connectivity index (χ0v) is 12.7.